The van der Waals surface area contributed by atoms with E-state index in [1.54, 1.807) is 38.4 Å². The monoisotopic (exact) mass is 546 g/mol. The third-order valence-electron chi connectivity index (χ3n) is 6.95. The Morgan fingerprint density at radius 2 is 1.64 bits per heavy atom. The molecular weight excluding hydrogens is 500 g/mol. The number of carbonyl (C=O) groups excluding carboxylic acids is 3. The van der Waals surface area contributed by atoms with E-state index >= 15 is 0 Å². The lowest BCUT2D eigenvalue weighted by molar-refractivity contribution is -0.141. The Bertz CT molecular complexity index is 1070. The summed E-state index contributed by atoms with van der Waals surface area (Å²) in [7, 11) is 4.58. The molecule has 0 aliphatic carbocycles. The number of ether oxygens (including phenoxy) is 1. The van der Waals surface area contributed by atoms with Crippen LogP contribution < -0.4 is 16.0 Å². The number of benzene rings is 1. The fourth-order valence-electron chi connectivity index (χ4n) is 4.46. The van der Waals surface area contributed by atoms with Crippen molar-refractivity contribution in [2.24, 2.45) is 11.3 Å². The third kappa shape index (κ3) is 8.81. The molecule has 0 aromatic heterocycles. The van der Waals surface area contributed by atoms with Gasteiger partial charge in [0.05, 0.1) is 19.2 Å². The predicted octanol–water partition coefficient (Wildman–Crippen LogP) is 3.78. The third-order valence-corrected chi connectivity index (χ3v) is 6.95. The zero-order chi connectivity index (χ0) is 30.3. The van der Waals surface area contributed by atoms with Crippen LogP contribution in [0.5, 0.6) is 0 Å². The molecule has 0 fully saturated rings. The van der Waals surface area contributed by atoms with Crippen LogP contribution in [-0.2, 0) is 24.5 Å². The van der Waals surface area contributed by atoms with Crippen molar-refractivity contribution >= 4 is 29.6 Å². The maximum Gasteiger partial charge on any atom is 0.411 e. The second-order valence-electron chi connectivity index (χ2n) is 11.8. The van der Waals surface area contributed by atoms with Gasteiger partial charge in [-0.05, 0) is 43.0 Å². The molecule has 4 N–H and O–H groups in total. The van der Waals surface area contributed by atoms with Crippen LogP contribution in [0.1, 0.15) is 61.0 Å². The summed E-state index contributed by atoms with van der Waals surface area (Å²) in [5, 5.41) is 18.1. The molecule has 10 heteroatoms. The number of nitrogens with zero attached hydrogens (tertiary/aromatic N) is 1. The Morgan fingerprint density at radius 1 is 1.05 bits per heavy atom. The van der Waals surface area contributed by atoms with Crippen molar-refractivity contribution in [3.05, 3.63) is 41.5 Å². The van der Waals surface area contributed by atoms with Crippen molar-refractivity contribution in [2.75, 3.05) is 26.5 Å². The Balaban J connectivity index is 3.35. The van der Waals surface area contributed by atoms with Gasteiger partial charge >= 0.3 is 12.1 Å². The molecule has 1 aromatic rings. The van der Waals surface area contributed by atoms with Crippen LogP contribution in [0.15, 0.2) is 35.9 Å². The molecule has 0 aliphatic heterocycles. The minimum atomic E-state index is -1.05. The lowest BCUT2D eigenvalue weighted by Gasteiger charge is -2.40. The first-order valence-electron chi connectivity index (χ1n) is 13.0. The number of hydrogen-bond donors (Lipinski definition) is 4. The van der Waals surface area contributed by atoms with E-state index in [2.05, 4.69) is 20.7 Å². The number of methoxy groups -OCH3 is 1. The van der Waals surface area contributed by atoms with Gasteiger partial charge in [0.2, 0.25) is 11.8 Å². The maximum absolute atomic E-state index is 13.8. The Morgan fingerprint density at radius 3 is 2.10 bits per heavy atom. The summed E-state index contributed by atoms with van der Waals surface area (Å²) in [6.07, 6.45) is 0.970. The SMILES string of the molecule is CN[C@H](C(=O)N[C@H](C(=O)N(C)[C@H](/C=C(\C)C(=O)O)C(C)C)C(C)(C)C)C(C)(C)c1cccc(NC(=O)OC)c1. The van der Waals surface area contributed by atoms with E-state index in [0.29, 0.717) is 5.69 Å². The number of likely N-dealkylation sites (N-methyl/N-ethyl adjacent to an activating group) is 2. The van der Waals surface area contributed by atoms with Gasteiger partial charge in [0, 0.05) is 23.7 Å². The summed E-state index contributed by atoms with van der Waals surface area (Å²) in [6.45, 7) is 14.7. The van der Waals surface area contributed by atoms with Gasteiger partial charge in [-0.1, -0.05) is 66.7 Å². The van der Waals surface area contributed by atoms with E-state index in [1.807, 2.05) is 54.5 Å². The van der Waals surface area contributed by atoms with Gasteiger partial charge < -0.3 is 25.4 Å². The fourth-order valence-corrected chi connectivity index (χ4v) is 4.46. The van der Waals surface area contributed by atoms with Crippen molar-refractivity contribution < 1.29 is 29.0 Å². The highest BCUT2D eigenvalue weighted by Gasteiger charge is 2.41. The molecule has 0 unspecified atom stereocenters. The summed E-state index contributed by atoms with van der Waals surface area (Å²) in [5.74, 6) is -1.79. The lowest BCUT2D eigenvalue weighted by atomic mass is 9.76. The molecule has 0 saturated heterocycles. The zero-order valence-corrected chi connectivity index (χ0v) is 25.1. The molecule has 0 aliphatic rings. The molecule has 3 amide bonds. The number of nitrogens with one attached hydrogen (secondary N) is 3. The average molecular weight is 547 g/mol. The van der Waals surface area contributed by atoms with E-state index in [1.165, 1.54) is 18.9 Å². The molecule has 0 bridgehead atoms. The highest BCUT2D eigenvalue weighted by molar-refractivity contribution is 5.92. The molecule has 0 radical (unpaired) electrons. The fraction of sp³-hybridized carbons (Fsp3) is 0.586. The topological polar surface area (TPSA) is 137 Å². The van der Waals surface area contributed by atoms with Crippen LogP contribution in [0.4, 0.5) is 10.5 Å². The van der Waals surface area contributed by atoms with E-state index < -0.39 is 41.0 Å². The molecule has 10 nitrogen and oxygen atoms in total. The molecule has 1 aromatic carbocycles. The van der Waals surface area contributed by atoms with Crippen LogP contribution in [0, 0.1) is 11.3 Å². The van der Waals surface area contributed by atoms with E-state index in [0.717, 1.165) is 5.56 Å². The van der Waals surface area contributed by atoms with E-state index in [-0.39, 0.29) is 23.3 Å². The Kier molecular flexibility index (Phi) is 11.7. The number of rotatable bonds is 11. The van der Waals surface area contributed by atoms with Gasteiger partial charge in [-0.2, -0.15) is 0 Å². The number of carbonyl (C=O) groups is 4. The molecule has 3 atom stereocenters. The van der Waals surface area contributed by atoms with Crippen molar-refractivity contribution in [1.29, 1.82) is 0 Å². The number of carboxylic acid groups (broad SMARTS) is 1. The second-order valence-corrected chi connectivity index (χ2v) is 11.8. The first kappa shape index (κ1) is 33.6. The molecule has 0 saturated carbocycles. The summed E-state index contributed by atoms with van der Waals surface area (Å²) in [4.78, 5) is 52.1. The smallest absolute Gasteiger partial charge is 0.411 e. The summed E-state index contributed by atoms with van der Waals surface area (Å²) < 4.78 is 4.67. The maximum atomic E-state index is 13.8. The molecular formula is C29H46N4O6. The van der Waals surface area contributed by atoms with Crippen LogP contribution >= 0.6 is 0 Å². The first-order chi connectivity index (χ1) is 17.9. The van der Waals surface area contributed by atoms with Crippen molar-refractivity contribution in [3.63, 3.8) is 0 Å². The minimum Gasteiger partial charge on any atom is -0.478 e. The van der Waals surface area contributed by atoms with Crippen molar-refractivity contribution in [1.82, 2.24) is 15.5 Å². The van der Waals surface area contributed by atoms with Crippen molar-refractivity contribution in [2.45, 2.75) is 78.9 Å². The zero-order valence-electron chi connectivity index (χ0n) is 25.1. The number of amides is 3. The minimum absolute atomic E-state index is 0.0561. The largest absolute Gasteiger partial charge is 0.478 e. The molecule has 0 spiro atoms. The van der Waals surface area contributed by atoms with Crippen LogP contribution in [0.25, 0.3) is 0 Å². The first-order valence-corrected chi connectivity index (χ1v) is 13.0. The van der Waals surface area contributed by atoms with Gasteiger partial charge in [-0.3, -0.25) is 14.9 Å². The molecule has 218 valence electrons. The van der Waals surface area contributed by atoms with E-state index in [4.69, 9.17) is 0 Å². The quantitative estimate of drug-likeness (QED) is 0.310. The average Bonchev–Trinajstić information content (AvgIpc) is 2.84. The van der Waals surface area contributed by atoms with Gasteiger partial charge in [0.15, 0.2) is 0 Å². The predicted molar refractivity (Wildman–Crippen MR) is 153 cm³/mol. The van der Waals surface area contributed by atoms with Gasteiger partial charge in [0.1, 0.15) is 6.04 Å². The van der Waals surface area contributed by atoms with Crippen LogP contribution in [0.3, 0.4) is 0 Å². The standard InChI is InChI=1S/C29H46N4O6/c1-17(2)21(15-18(3)26(36)37)33(10)25(35)23(28(4,5)6)32-24(34)22(30-9)29(7,8)19-13-12-14-20(16-19)31-27(38)39-11/h12-17,21-23,30H,1-11H3,(H,31,38)(H,32,34)(H,36,37)/b18-15+/t21-,22-,23-/m1/s1. The Hall–Kier alpha value is -3.40. The van der Waals surface area contributed by atoms with Gasteiger partial charge in [-0.15, -0.1) is 0 Å². The number of hydrogen-bond acceptors (Lipinski definition) is 6. The summed E-state index contributed by atoms with van der Waals surface area (Å²) in [6, 6.07) is 5.06. The summed E-state index contributed by atoms with van der Waals surface area (Å²) >= 11 is 0. The number of anilines is 1. The van der Waals surface area contributed by atoms with Crippen LogP contribution in [-0.4, -0.2) is 73.2 Å². The normalized spacial score (nSPS) is 14.7. The van der Waals surface area contributed by atoms with Crippen molar-refractivity contribution in [3.8, 4) is 0 Å². The number of aliphatic carboxylic acids is 1. The second kappa shape index (κ2) is 13.6. The molecule has 39 heavy (non-hydrogen) atoms. The summed E-state index contributed by atoms with van der Waals surface area (Å²) in [5.41, 5.74) is 0.0742. The van der Waals surface area contributed by atoms with Gasteiger partial charge in [-0.25, -0.2) is 9.59 Å². The lowest BCUT2D eigenvalue weighted by Crippen LogP contribution is -2.61. The van der Waals surface area contributed by atoms with Crippen LogP contribution in [0.2, 0.25) is 0 Å². The highest BCUT2D eigenvalue weighted by Crippen LogP contribution is 2.30. The highest BCUT2D eigenvalue weighted by atomic mass is 16.5. The Labute approximate surface area is 232 Å². The van der Waals surface area contributed by atoms with E-state index in [9.17, 15) is 24.3 Å². The van der Waals surface area contributed by atoms with Gasteiger partial charge in [0.25, 0.3) is 0 Å². The number of carboxylic acids is 1. The molecule has 0 heterocycles. The molecule has 1 rings (SSSR count).